The van der Waals surface area contributed by atoms with E-state index >= 15 is 0 Å². The van der Waals surface area contributed by atoms with Crippen molar-refractivity contribution in [1.29, 1.82) is 0 Å². The summed E-state index contributed by atoms with van der Waals surface area (Å²) in [4.78, 5) is 8.82. The van der Waals surface area contributed by atoms with Crippen LogP contribution in [0.15, 0.2) is 42.6 Å². The van der Waals surface area contributed by atoms with Gasteiger partial charge in [0.25, 0.3) is 0 Å². The zero-order chi connectivity index (χ0) is 21.6. The number of fused-ring (bicyclic) bond motifs is 1. The molecule has 0 bridgehead atoms. The van der Waals surface area contributed by atoms with Crippen LogP contribution in [-0.4, -0.2) is 45.8 Å². The molecule has 2 N–H and O–H groups in total. The zero-order valence-electron chi connectivity index (χ0n) is 17.7. The molecule has 0 amide bonds. The van der Waals surface area contributed by atoms with Gasteiger partial charge in [0.05, 0.1) is 29.9 Å². The van der Waals surface area contributed by atoms with Crippen molar-refractivity contribution in [1.82, 2.24) is 15.2 Å². The molecule has 2 aromatic rings. The molecule has 2 atom stereocenters. The van der Waals surface area contributed by atoms with Crippen LogP contribution in [0.4, 0.5) is 5.69 Å². The minimum absolute atomic E-state index is 0.00563. The number of aliphatic hydroxyl groups excluding tert-OH is 1. The summed E-state index contributed by atoms with van der Waals surface area (Å²) < 4.78 is 0. The molecule has 2 aliphatic rings. The van der Waals surface area contributed by atoms with Gasteiger partial charge in [-0.1, -0.05) is 23.7 Å². The smallest absolute Gasteiger partial charge is 0.170 e. The molecule has 158 valence electrons. The summed E-state index contributed by atoms with van der Waals surface area (Å²) in [6, 6.07) is 9.78. The van der Waals surface area contributed by atoms with Gasteiger partial charge in [0, 0.05) is 36.1 Å². The fourth-order valence-electron chi connectivity index (χ4n) is 4.51. The Morgan fingerprint density at radius 1 is 1.30 bits per heavy atom. The lowest BCUT2D eigenvalue weighted by molar-refractivity contribution is 0.223. The van der Waals surface area contributed by atoms with Gasteiger partial charge in [0.2, 0.25) is 0 Å². The molecule has 1 saturated heterocycles. The van der Waals surface area contributed by atoms with E-state index in [4.69, 9.17) is 23.8 Å². The van der Waals surface area contributed by atoms with E-state index in [0.717, 1.165) is 22.5 Å². The van der Waals surface area contributed by atoms with E-state index in [9.17, 15) is 5.11 Å². The Morgan fingerprint density at radius 2 is 2.07 bits per heavy atom. The molecule has 0 spiro atoms. The van der Waals surface area contributed by atoms with Crippen LogP contribution < -0.4 is 10.2 Å². The monoisotopic (exact) mass is 442 g/mol. The topological polar surface area (TPSA) is 51.6 Å². The van der Waals surface area contributed by atoms with Gasteiger partial charge in [-0.2, -0.15) is 0 Å². The number of aromatic nitrogens is 1. The minimum Gasteiger partial charge on any atom is -0.395 e. The van der Waals surface area contributed by atoms with Crippen LogP contribution in [0.25, 0.3) is 5.57 Å². The van der Waals surface area contributed by atoms with Crippen LogP contribution in [0.5, 0.6) is 0 Å². The van der Waals surface area contributed by atoms with E-state index in [0.29, 0.717) is 16.7 Å². The van der Waals surface area contributed by atoms with E-state index in [1.54, 1.807) is 6.20 Å². The number of nitrogens with one attached hydrogen (secondary N) is 1. The first-order valence-electron chi connectivity index (χ1n) is 10.1. The number of anilines is 1. The molecule has 1 fully saturated rings. The second-order valence-electron chi connectivity index (χ2n) is 8.47. The fraction of sp³-hybridized carbons (Fsp3) is 0.391. The molecule has 0 aliphatic carbocycles. The van der Waals surface area contributed by atoms with Crippen LogP contribution in [0, 0.1) is 0 Å². The Morgan fingerprint density at radius 3 is 2.73 bits per heavy atom. The first kappa shape index (κ1) is 21.1. The third kappa shape index (κ3) is 3.47. The molecule has 30 heavy (non-hydrogen) atoms. The largest absolute Gasteiger partial charge is 0.395 e. The quantitative estimate of drug-likeness (QED) is 0.687. The van der Waals surface area contributed by atoms with Crippen LogP contribution in [0.3, 0.4) is 0 Å². The SMILES string of the molecule is CC1=CC(C)(C)N(C)c2cc(Cl)c([C@H]3[C@H](c4ccccn4)NC(=S)N3CCO)cc21. The minimum atomic E-state index is -0.162. The summed E-state index contributed by atoms with van der Waals surface area (Å²) in [5.41, 5.74) is 5.29. The van der Waals surface area contributed by atoms with Gasteiger partial charge in [-0.15, -0.1) is 0 Å². The number of β-amino-alcohol motifs (C(OH)–C–C–N with tert-alkyl or cyclic N) is 1. The van der Waals surface area contributed by atoms with Crippen molar-refractivity contribution in [2.75, 3.05) is 25.1 Å². The van der Waals surface area contributed by atoms with Crippen molar-refractivity contribution in [3.05, 3.63) is 64.4 Å². The number of nitrogens with zero attached hydrogens (tertiary/aromatic N) is 3. The van der Waals surface area contributed by atoms with Crippen LogP contribution in [0.1, 0.15) is 49.7 Å². The van der Waals surface area contributed by atoms with Crippen molar-refractivity contribution >= 4 is 40.2 Å². The number of benzene rings is 1. The van der Waals surface area contributed by atoms with Gasteiger partial charge in [-0.3, -0.25) is 4.98 Å². The number of rotatable bonds is 4. The van der Waals surface area contributed by atoms with E-state index in [1.807, 2.05) is 23.1 Å². The third-order valence-corrected chi connectivity index (χ3v) is 6.87. The summed E-state index contributed by atoms with van der Waals surface area (Å²) in [6.07, 6.45) is 4.07. The van der Waals surface area contributed by atoms with Gasteiger partial charge in [0.1, 0.15) is 0 Å². The molecule has 7 heteroatoms. The highest BCUT2D eigenvalue weighted by Crippen LogP contribution is 2.46. The molecule has 0 radical (unpaired) electrons. The first-order valence-corrected chi connectivity index (χ1v) is 10.9. The average molecular weight is 443 g/mol. The molecular formula is C23H27ClN4OS. The molecule has 0 saturated carbocycles. The Balaban J connectivity index is 1.86. The predicted octanol–water partition coefficient (Wildman–Crippen LogP) is 4.33. The lowest BCUT2D eigenvalue weighted by Crippen LogP contribution is -2.42. The van der Waals surface area contributed by atoms with Crippen molar-refractivity contribution in [2.24, 2.45) is 0 Å². The molecular weight excluding hydrogens is 416 g/mol. The van der Waals surface area contributed by atoms with Crippen LogP contribution in [-0.2, 0) is 0 Å². The highest BCUT2D eigenvalue weighted by Gasteiger charge is 2.41. The fourth-order valence-corrected chi connectivity index (χ4v) is 5.11. The highest BCUT2D eigenvalue weighted by atomic mass is 35.5. The molecule has 2 aliphatic heterocycles. The van der Waals surface area contributed by atoms with Gasteiger partial charge in [-0.25, -0.2) is 0 Å². The lowest BCUT2D eigenvalue weighted by Gasteiger charge is -2.41. The van der Waals surface area contributed by atoms with E-state index < -0.39 is 0 Å². The van der Waals surface area contributed by atoms with Crippen molar-refractivity contribution in [2.45, 2.75) is 38.4 Å². The normalized spacial score (nSPS) is 22.6. The van der Waals surface area contributed by atoms with Gasteiger partial charge in [0.15, 0.2) is 5.11 Å². The average Bonchev–Trinajstić information content (AvgIpc) is 3.03. The molecule has 1 aromatic heterocycles. The summed E-state index contributed by atoms with van der Waals surface area (Å²) in [5.74, 6) is 0. The summed E-state index contributed by atoms with van der Waals surface area (Å²) in [7, 11) is 2.10. The van der Waals surface area contributed by atoms with E-state index in [-0.39, 0.29) is 24.2 Å². The van der Waals surface area contributed by atoms with Crippen molar-refractivity contribution in [3.63, 3.8) is 0 Å². The number of allylic oxidation sites excluding steroid dienone is 1. The summed E-state index contributed by atoms with van der Waals surface area (Å²) in [5, 5.41) is 14.3. The summed E-state index contributed by atoms with van der Waals surface area (Å²) >= 11 is 12.5. The first-order chi connectivity index (χ1) is 14.2. The predicted molar refractivity (Wildman–Crippen MR) is 127 cm³/mol. The molecule has 5 nitrogen and oxygen atoms in total. The maximum Gasteiger partial charge on any atom is 0.170 e. The van der Waals surface area contributed by atoms with Crippen LogP contribution >= 0.6 is 23.8 Å². The number of halogens is 1. The Kier molecular flexibility index (Phi) is 5.51. The van der Waals surface area contributed by atoms with E-state index in [1.165, 1.54) is 5.57 Å². The zero-order valence-corrected chi connectivity index (χ0v) is 19.3. The second kappa shape index (κ2) is 7.84. The lowest BCUT2D eigenvalue weighted by atomic mass is 9.86. The van der Waals surface area contributed by atoms with Gasteiger partial charge in [-0.05, 0) is 68.4 Å². The number of aliphatic hydroxyl groups is 1. The molecule has 3 heterocycles. The van der Waals surface area contributed by atoms with Gasteiger partial charge < -0.3 is 20.2 Å². The van der Waals surface area contributed by atoms with Crippen molar-refractivity contribution in [3.8, 4) is 0 Å². The summed E-state index contributed by atoms with van der Waals surface area (Å²) in [6.45, 7) is 6.96. The highest BCUT2D eigenvalue weighted by molar-refractivity contribution is 7.80. The number of hydrogen-bond acceptors (Lipinski definition) is 4. The second-order valence-corrected chi connectivity index (χ2v) is 9.27. The Labute approximate surface area is 188 Å². The molecule has 4 rings (SSSR count). The molecule has 1 aromatic carbocycles. The maximum atomic E-state index is 9.67. The third-order valence-electron chi connectivity index (χ3n) is 6.19. The van der Waals surface area contributed by atoms with Crippen LogP contribution in [0.2, 0.25) is 5.02 Å². The molecule has 0 unspecified atom stereocenters. The van der Waals surface area contributed by atoms with Crippen molar-refractivity contribution < 1.29 is 5.11 Å². The number of hydrogen-bond donors (Lipinski definition) is 2. The number of pyridine rings is 1. The van der Waals surface area contributed by atoms with Gasteiger partial charge >= 0.3 is 0 Å². The Bertz CT molecular complexity index is 1010. The maximum absolute atomic E-state index is 9.67. The Hall–Kier alpha value is -2.15. The number of likely N-dealkylation sites (N-methyl/N-ethyl adjacent to an activating group) is 1. The number of thiocarbonyl (C=S) groups is 1. The standard InChI is InChI=1S/C23H27ClN4OS/c1-14-13-23(2,3)27(4)19-12-17(24)16(11-15(14)19)21-20(18-7-5-6-8-25-18)26-22(30)28(21)9-10-29/h5-8,11-13,20-21,29H,9-10H2,1-4H3,(H,26,30)/t20-,21-/m0/s1. The van der Waals surface area contributed by atoms with E-state index in [2.05, 4.69) is 61.2 Å².